The molecule has 0 aliphatic carbocycles. The average Bonchev–Trinajstić information content (AvgIpc) is 3.23. The van der Waals surface area contributed by atoms with E-state index in [1.165, 1.54) is 0 Å². The Bertz CT molecular complexity index is 1250. The van der Waals surface area contributed by atoms with E-state index in [1.54, 1.807) is 6.07 Å². The van der Waals surface area contributed by atoms with Gasteiger partial charge in [0.1, 0.15) is 11.3 Å². The van der Waals surface area contributed by atoms with Gasteiger partial charge in [0.15, 0.2) is 0 Å². The topological polar surface area (TPSA) is 85.4 Å². The lowest BCUT2D eigenvalue weighted by Gasteiger charge is -2.30. The van der Waals surface area contributed by atoms with E-state index in [2.05, 4.69) is 31.1 Å². The van der Waals surface area contributed by atoms with Crippen LogP contribution in [-0.4, -0.2) is 47.1 Å². The molecule has 0 radical (unpaired) electrons. The summed E-state index contributed by atoms with van der Waals surface area (Å²) in [6, 6.07) is 9.19. The van der Waals surface area contributed by atoms with Crippen LogP contribution in [0, 0.1) is 5.41 Å². The number of phenols is 1. The Hall–Kier alpha value is -2.06. The maximum atomic E-state index is 13.0. The third-order valence-electron chi connectivity index (χ3n) is 6.12. The molecule has 37 heavy (non-hydrogen) atoms. The quantitative estimate of drug-likeness (QED) is 0.209. The normalized spacial score (nSPS) is 11.8. The van der Waals surface area contributed by atoms with Crippen LogP contribution in [0.25, 0.3) is 10.2 Å². The second-order valence-electron chi connectivity index (χ2n) is 10.6. The van der Waals surface area contributed by atoms with Crippen molar-refractivity contribution in [2.24, 2.45) is 5.41 Å². The Balaban J connectivity index is 1.42. The smallest absolute Gasteiger partial charge is 0.305 e. The van der Waals surface area contributed by atoms with Gasteiger partial charge < -0.3 is 20.3 Å². The fourth-order valence-corrected chi connectivity index (χ4v) is 5.55. The van der Waals surface area contributed by atoms with Crippen LogP contribution in [-0.2, 0) is 17.6 Å². The largest absolute Gasteiger partial charge is 0.506 e. The number of benzene rings is 2. The number of nitrogens with zero attached hydrogens (tertiary/aromatic N) is 1. The molecule has 0 fully saturated rings. The number of rotatable bonds is 13. The number of aromatic amines is 1. The molecular weight excluding hydrogens is 529 g/mol. The Labute approximate surface area is 233 Å². The number of halogens is 2. The fourth-order valence-electron chi connectivity index (χ4n) is 4.34. The molecule has 9 heteroatoms. The Morgan fingerprint density at radius 3 is 2.57 bits per heavy atom. The fraction of sp³-hybridized carbons (Fsp3) is 0.500. The van der Waals surface area contributed by atoms with Crippen LogP contribution in [0.5, 0.6) is 5.75 Å². The molecule has 0 saturated heterocycles. The number of H-pyrrole nitrogens is 1. The molecule has 6 nitrogen and oxygen atoms in total. The summed E-state index contributed by atoms with van der Waals surface area (Å²) in [6.07, 6.45) is 4.99. The highest BCUT2D eigenvalue weighted by atomic mass is 35.5. The molecule has 202 valence electrons. The molecule has 0 bridgehead atoms. The minimum Gasteiger partial charge on any atom is -0.506 e. The van der Waals surface area contributed by atoms with Gasteiger partial charge in [0.2, 0.25) is 5.91 Å². The molecule has 3 N–H and O–H groups in total. The number of hydrogen-bond acceptors (Lipinski definition) is 5. The van der Waals surface area contributed by atoms with Crippen molar-refractivity contribution in [1.29, 1.82) is 0 Å². The maximum absolute atomic E-state index is 13.0. The van der Waals surface area contributed by atoms with Gasteiger partial charge in [-0.05, 0) is 67.0 Å². The first-order valence-corrected chi connectivity index (χ1v) is 14.4. The van der Waals surface area contributed by atoms with E-state index in [0.29, 0.717) is 28.5 Å². The highest BCUT2D eigenvalue weighted by Crippen LogP contribution is 2.29. The van der Waals surface area contributed by atoms with Crippen molar-refractivity contribution in [3.63, 3.8) is 0 Å². The summed E-state index contributed by atoms with van der Waals surface area (Å²) in [7, 11) is 0. The van der Waals surface area contributed by atoms with Crippen molar-refractivity contribution in [1.82, 2.24) is 15.2 Å². The molecule has 0 aliphatic heterocycles. The Morgan fingerprint density at radius 2 is 1.84 bits per heavy atom. The van der Waals surface area contributed by atoms with E-state index >= 15 is 0 Å². The van der Waals surface area contributed by atoms with Gasteiger partial charge in [-0.25, -0.2) is 0 Å². The number of unbranched alkanes of at least 4 members (excludes halogenated alkanes) is 2. The number of carbonyl (C=O) groups is 1. The number of amides is 1. The van der Waals surface area contributed by atoms with Gasteiger partial charge in [-0.3, -0.25) is 9.59 Å². The van der Waals surface area contributed by atoms with Gasteiger partial charge in [0.05, 0.1) is 14.7 Å². The first-order chi connectivity index (χ1) is 17.5. The highest BCUT2D eigenvalue weighted by Gasteiger charge is 2.20. The molecule has 1 amide bonds. The molecule has 3 aromatic rings. The summed E-state index contributed by atoms with van der Waals surface area (Å²) in [4.78, 5) is 29.3. The number of thiazole rings is 1. The molecule has 0 spiro atoms. The summed E-state index contributed by atoms with van der Waals surface area (Å²) in [6.45, 7) is 9.33. The van der Waals surface area contributed by atoms with Crippen LogP contribution >= 0.6 is 34.5 Å². The summed E-state index contributed by atoms with van der Waals surface area (Å²) in [5.74, 6) is 0.284. The second-order valence-corrected chi connectivity index (χ2v) is 12.4. The lowest BCUT2D eigenvalue weighted by molar-refractivity contribution is -0.132. The first kappa shape index (κ1) is 29.5. The van der Waals surface area contributed by atoms with Crippen LogP contribution < -0.4 is 10.2 Å². The number of aromatic nitrogens is 1. The minimum atomic E-state index is -0.155. The number of nitrogens with one attached hydrogen (secondary N) is 2. The Morgan fingerprint density at radius 1 is 1.05 bits per heavy atom. The van der Waals surface area contributed by atoms with Crippen LogP contribution in [0.2, 0.25) is 10.0 Å². The van der Waals surface area contributed by atoms with Crippen LogP contribution in [0.3, 0.4) is 0 Å². The number of carbonyl (C=O) groups excluding carboxylic acids is 1. The standard InChI is InChI=1S/C28H37Cl2N3O3S/c1-28(2,3)18-33(24(35)13-15-31-14-12-19-8-10-21(29)22(30)17-19)16-6-4-5-7-20-9-11-23(34)25-26(20)37-27(36)32-25/h8-11,17,31,34H,4-7,12-16,18H2,1-3H3,(H,32,36). The van der Waals surface area contributed by atoms with Crippen LogP contribution in [0.4, 0.5) is 0 Å². The molecule has 1 aromatic heterocycles. The zero-order chi connectivity index (χ0) is 27.0. The Kier molecular flexibility index (Phi) is 10.9. The molecule has 0 saturated carbocycles. The number of aromatic hydroxyl groups is 1. The van der Waals surface area contributed by atoms with Crippen molar-refractivity contribution in [3.05, 3.63) is 61.2 Å². The van der Waals surface area contributed by atoms with Gasteiger partial charge in [0, 0.05) is 26.1 Å². The van der Waals surface area contributed by atoms with Gasteiger partial charge in [-0.1, -0.05) is 73.9 Å². The molecule has 2 aromatic carbocycles. The summed E-state index contributed by atoms with van der Waals surface area (Å²) in [5, 5.41) is 14.5. The van der Waals surface area contributed by atoms with Crippen molar-refractivity contribution in [2.45, 2.75) is 59.3 Å². The van der Waals surface area contributed by atoms with E-state index in [4.69, 9.17) is 23.2 Å². The van der Waals surface area contributed by atoms with Gasteiger partial charge in [-0.2, -0.15) is 0 Å². The molecule has 1 heterocycles. The molecule has 0 aliphatic rings. The third-order valence-corrected chi connectivity index (χ3v) is 7.82. The lowest BCUT2D eigenvalue weighted by atomic mass is 9.95. The van der Waals surface area contributed by atoms with Crippen molar-refractivity contribution in [2.75, 3.05) is 26.2 Å². The molecule has 0 atom stereocenters. The van der Waals surface area contributed by atoms with Gasteiger partial charge in [-0.15, -0.1) is 0 Å². The molecule has 0 unspecified atom stereocenters. The zero-order valence-corrected chi connectivity index (χ0v) is 24.2. The predicted octanol–water partition coefficient (Wildman–Crippen LogP) is 6.41. The lowest BCUT2D eigenvalue weighted by Crippen LogP contribution is -2.39. The molecular formula is C28H37Cl2N3O3S. The third kappa shape index (κ3) is 9.32. The number of fused-ring (bicyclic) bond motifs is 1. The summed E-state index contributed by atoms with van der Waals surface area (Å²) >= 11 is 13.2. The minimum absolute atomic E-state index is 0.0281. The van der Waals surface area contributed by atoms with E-state index in [1.807, 2.05) is 29.2 Å². The van der Waals surface area contributed by atoms with Crippen molar-refractivity contribution in [3.8, 4) is 5.75 Å². The van der Waals surface area contributed by atoms with E-state index in [9.17, 15) is 14.7 Å². The number of hydrogen-bond donors (Lipinski definition) is 3. The van der Waals surface area contributed by atoms with Gasteiger partial charge >= 0.3 is 4.87 Å². The predicted molar refractivity (Wildman–Crippen MR) is 155 cm³/mol. The summed E-state index contributed by atoms with van der Waals surface area (Å²) in [5.41, 5.74) is 2.74. The number of aryl methyl sites for hydroxylation is 1. The molecule has 3 rings (SSSR count). The maximum Gasteiger partial charge on any atom is 0.305 e. The van der Waals surface area contributed by atoms with Crippen molar-refractivity contribution >= 4 is 50.7 Å². The number of phenolic OH excluding ortho intramolecular Hbond substituents is 1. The monoisotopic (exact) mass is 565 g/mol. The summed E-state index contributed by atoms with van der Waals surface area (Å²) < 4.78 is 0.834. The van der Waals surface area contributed by atoms with Crippen molar-refractivity contribution < 1.29 is 9.90 Å². The average molecular weight is 567 g/mol. The second kappa shape index (κ2) is 13.7. The van der Waals surface area contributed by atoms with E-state index in [0.717, 1.165) is 78.9 Å². The van der Waals surface area contributed by atoms with E-state index < -0.39 is 0 Å². The van der Waals surface area contributed by atoms with Crippen LogP contribution in [0.15, 0.2) is 35.1 Å². The highest BCUT2D eigenvalue weighted by molar-refractivity contribution is 7.16. The van der Waals surface area contributed by atoms with E-state index in [-0.39, 0.29) is 21.9 Å². The van der Waals surface area contributed by atoms with Gasteiger partial charge in [0.25, 0.3) is 0 Å². The first-order valence-electron chi connectivity index (χ1n) is 12.8. The van der Waals surface area contributed by atoms with Crippen LogP contribution in [0.1, 0.15) is 57.6 Å². The zero-order valence-electron chi connectivity index (χ0n) is 21.8. The SMILES string of the molecule is CC(C)(C)CN(CCCCCc1ccc(O)c2[nH]c(=O)sc12)C(=O)CCNCCc1ccc(Cl)c(Cl)c1.